The first-order valence-corrected chi connectivity index (χ1v) is 6.45. The lowest BCUT2D eigenvalue weighted by Gasteiger charge is -2.28. The van der Waals surface area contributed by atoms with E-state index in [-0.39, 0.29) is 6.04 Å². The first-order chi connectivity index (χ1) is 8.02. The molecule has 1 aromatic heterocycles. The molecule has 0 aromatic carbocycles. The highest BCUT2D eigenvalue weighted by atomic mass is 15.2. The Morgan fingerprint density at radius 3 is 2.59 bits per heavy atom. The van der Waals surface area contributed by atoms with E-state index in [2.05, 4.69) is 42.8 Å². The lowest BCUT2D eigenvalue weighted by atomic mass is 10.1. The standard InChI is InChI=1S/C14H25N3/c1-5-17(13(4)9-11(2)15)10-14-8-6-7-12(3)16-14/h6-8,11,13H,5,9-10,15H2,1-4H3. The van der Waals surface area contributed by atoms with E-state index in [1.165, 1.54) is 0 Å². The van der Waals surface area contributed by atoms with Gasteiger partial charge in [-0.25, -0.2) is 0 Å². The van der Waals surface area contributed by atoms with Gasteiger partial charge in [-0.05, 0) is 45.9 Å². The Morgan fingerprint density at radius 1 is 1.35 bits per heavy atom. The molecule has 0 fully saturated rings. The number of hydrogen-bond acceptors (Lipinski definition) is 3. The van der Waals surface area contributed by atoms with Crippen molar-refractivity contribution in [1.29, 1.82) is 0 Å². The second-order valence-corrected chi connectivity index (χ2v) is 4.90. The first kappa shape index (κ1) is 14.1. The number of rotatable bonds is 6. The molecule has 2 N–H and O–H groups in total. The molecule has 0 aliphatic rings. The summed E-state index contributed by atoms with van der Waals surface area (Å²) in [5.74, 6) is 0. The number of nitrogens with two attached hydrogens (primary N) is 1. The van der Waals surface area contributed by atoms with E-state index in [9.17, 15) is 0 Å². The van der Waals surface area contributed by atoms with Crippen molar-refractivity contribution in [3.8, 4) is 0 Å². The summed E-state index contributed by atoms with van der Waals surface area (Å²) in [7, 11) is 0. The molecule has 3 heteroatoms. The van der Waals surface area contributed by atoms with Crippen LogP contribution in [0.2, 0.25) is 0 Å². The molecule has 2 atom stereocenters. The summed E-state index contributed by atoms with van der Waals surface area (Å²) in [6.07, 6.45) is 1.03. The number of aryl methyl sites for hydroxylation is 1. The molecule has 17 heavy (non-hydrogen) atoms. The van der Waals surface area contributed by atoms with Gasteiger partial charge in [-0.3, -0.25) is 9.88 Å². The molecular weight excluding hydrogens is 210 g/mol. The fourth-order valence-electron chi connectivity index (χ4n) is 2.16. The van der Waals surface area contributed by atoms with Crippen molar-refractivity contribution in [2.45, 2.75) is 52.7 Å². The third-order valence-corrected chi connectivity index (χ3v) is 3.05. The van der Waals surface area contributed by atoms with Gasteiger partial charge in [0, 0.05) is 24.3 Å². The summed E-state index contributed by atoms with van der Waals surface area (Å²) >= 11 is 0. The summed E-state index contributed by atoms with van der Waals surface area (Å²) in [5, 5.41) is 0. The van der Waals surface area contributed by atoms with Crippen LogP contribution in [0, 0.1) is 6.92 Å². The van der Waals surface area contributed by atoms with Gasteiger partial charge in [-0.15, -0.1) is 0 Å². The van der Waals surface area contributed by atoms with Crippen LogP contribution in [0.1, 0.15) is 38.6 Å². The van der Waals surface area contributed by atoms with Crippen LogP contribution in [-0.4, -0.2) is 28.5 Å². The molecule has 1 aromatic rings. The molecule has 1 heterocycles. The maximum Gasteiger partial charge on any atom is 0.0547 e. The van der Waals surface area contributed by atoms with E-state index in [1.54, 1.807) is 0 Å². The SMILES string of the molecule is CCN(Cc1cccc(C)n1)C(C)CC(C)N. The molecular formula is C14H25N3. The maximum atomic E-state index is 5.86. The molecule has 0 spiro atoms. The topological polar surface area (TPSA) is 42.2 Å². The van der Waals surface area contributed by atoms with Crippen molar-refractivity contribution in [3.63, 3.8) is 0 Å². The van der Waals surface area contributed by atoms with E-state index >= 15 is 0 Å². The van der Waals surface area contributed by atoms with Crippen LogP contribution in [0.5, 0.6) is 0 Å². The van der Waals surface area contributed by atoms with Gasteiger partial charge >= 0.3 is 0 Å². The van der Waals surface area contributed by atoms with Crippen LogP contribution in [0.4, 0.5) is 0 Å². The average molecular weight is 235 g/mol. The number of aromatic nitrogens is 1. The number of hydrogen-bond donors (Lipinski definition) is 1. The second-order valence-electron chi connectivity index (χ2n) is 4.90. The largest absolute Gasteiger partial charge is 0.328 e. The highest BCUT2D eigenvalue weighted by Crippen LogP contribution is 2.10. The molecule has 0 amide bonds. The molecule has 96 valence electrons. The van der Waals surface area contributed by atoms with Crippen LogP contribution in [0.15, 0.2) is 18.2 Å². The third-order valence-electron chi connectivity index (χ3n) is 3.05. The van der Waals surface area contributed by atoms with Gasteiger partial charge in [0.25, 0.3) is 0 Å². The van der Waals surface area contributed by atoms with Gasteiger partial charge in [0.15, 0.2) is 0 Å². The molecule has 0 aliphatic heterocycles. The van der Waals surface area contributed by atoms with Crippen molar-refractivity contribution >= 4 is 0 Å². The molecule has 2 unspecified atom stereocenters. The number of nitrogens with zero attached hydrogens (tertiary/aromatic N) is 2. The zero-order valence-corrected chi connectivity index (χ0v) is 11.5. The minimum Gasteiger partial charge on any atom is -0.328 e. The lowest BCUT2D eigenvalue weighted by Crippen LogP contribution is -2.36. The fraction of sp³-hybridized carbons (Fsp3) is 0.643. The van der Waals surface area contributed by atoms with E-state index in [1.807, 2.05) is 13.0 Å². The van der Waals surface area contributed by atoms with E-state index in [0.29, 0.717) is 6.04 Å². The Balaban J connectivity index is 2.63. The quantitative estimate of drug-likeness (QED) is 0.823. The smallest absolute Gasteiger partial charge is 0.0547 e. The Hall–Kier alpha value is -0.930. The van der Waals surface area contributed by atoms with Gasteiger partial charge in [-0.2, -0.15) is 0 Å². The minimum absolute atomic E-state index is 0.254. The average Bonchev–Trinajstić information content (AvgIpc) is 2.24. The number of pyridine rings is 1. The Morgan fingerprint density at radius 2 is 2.06 bits per heavy atom. The molecule has 3 nitrogen and oxygen atoms in total. The zero-order chi connectivity index (χ0) is 12.8. The molecule has 0 bridgehead atoms. The van der Waals surface area contributed by atoms with E-state index in [4.69, 9.17) is 5.73 Å². The highest BCUT2D eigenvalue weighted by molar-refractivity contribution is 5.09. The van der Waals surface area contributed by atoms with Crippen molar-refractivity contribution < 1.29 is 0 Å². The second kappa shape index (κ2) is 6.72. The van der Waals surface area contributed by atoms with Crippen LogP contribution >= 0.6 is 0 Å². The van der Waals surface area contributed by atoms with Crippen molar-refractivity contribution in [2.75, 3.05) is 6.54 Å². The molecule has 0 saturated heterocycles. The van der Waals surface area contributed by atoms with Crippen LogP contribution in [0.3, 0.4) is 0 Å². The summed E-state index contributed by atoms with van der Waals surface area (Å²) in [6.45, 7) is 10.5. The lowest BCUT2D eigenvalue weighted by molar-refractivity contribution is 0.193. The van der Waals surface area contributed by atoms with Crippen molar-refractivity contribution in [2.24, 2.45) is 5.73 Å². The third kappa shape index (κ3) is 4.84. The van der Waals surface area contributed by atoms with Gasteiger partial charge < -0.3 is 5.73 Å². The molecule has 0 saturated carbocycles. The first-order valence-electron chi connectivity index (χ1n) is 6.45. The Labute approximate surface area is 105 Å². The van der Waals surface area contributed by atoms with E-state index < -0.39 is 0 Å². The molecule has 0 radical (unpaired) electrons. The maximum absolute atomic E-state index is 5.86. The van der Waals surface area contributed by atoms with Gasteiger partial charge in [0.2, 0.25) is 0 Å². The summed E-state index contributed by atoms with van der Waals surface area (Å²) < 4.78 is 0. The van der Waals surface area contributed by atoms with Crippen molar-refractivity contribution in [1.82, 2.24) is 9.88 Å². The minimum atomic E-state index is 0.254. The summed E-state index contributed by atoms with van der Waals surface area (Å²) in [5.41, 5.74) is 8.08. The summed E-state index contributed by atoms with van der Waals surface area (Å²) in [6, 6.07) is 6.95. The fourth-order valence-corrected chi connectivity index (χ4v) is 2.16. The van der Waals surface area contributed by atoms with Gasteiger partial charge in [0.05, 0.1) is 5.69 Å². The van der Waals surface area contributed by atoms with Crippen LogP contribution in [0.25, 0.3) is 0 Å². The van der Waals surface area contributed by atoms with Gasteiger partial charge in [0.1, 0.15) is 0 Å². The summed E-state index contributed by atoms with van der Waals surface area (Å²) in [4.78, 5) is 6.97. The predicted octanol–water partition coefficient (Wildman–Crippen LogP) is 2.34. The van der Waals surface area contributed by atoms with Gasteiger partial charge in [-0.1, -0.05) is 13.0 Å². The normalized spacial score (nSPS) is 14.9. The predicted molar refractivity (Wildman–Crippen MR) is 72.8 cm³/mol. The van der Waals surface area contributed by atoms with Crippen LogP contribution in [-0.2, 0) is 6.54 Å². The Kier molecular flexibility index (Phi) is 5.59. The van der Waals surface area contributed by atoms with E-state index in [0.717, 1.165) is 30.9 Å². The van der Waals surface area contributed by atoms with Crippen molar-refractivity contribution in [3.05, 3.63) is 29.6 Å². The van der Waals surface area contributed by atoms with Crippen LogP contribution < -0.4 is 5.73 Å². The monoisotopic (exact) mass is 235 g/mol. The highest BCUT2D eigenvalue weighted by Gasteiger charge is 2.14. The Bertz CT molecular complexity index is 336. The molecule has 0 aliphatic carbocycles. The zero-order valence-electron chi connectivity index (χ0n) is 11.5. The molecule has 1 rings (SSSR count).